The van der Waals surface area contributed by atoms with E-state index in [0.717, 1.165) is 57.0 Å². The lowest BCUT2D eigenvalue weighted by Crippen LogP contribution is -2.47. The fourth-order valence-electron chi connectivity index (χ4n) is 4.96. The molecule has 0 radical (unpaired) electrons. The molecule has 3 rings (SSSR count). The average molecular weight is 295 g/mol. The van der Waals surface area contributed by atoms with Crippen LogP contribution in [0.4, 0.5) is 0 Å². The van der Waals surface area contributed by atoms with Crippen LogP contribution in [0, 0.1) is 17.8 Å². The lowest BCUT2D eigenvalue weighted by Gasteiger charge is -2.47. The summed E-state index contributed by atoms with van der Waals surface area (Å²) in [5.41, 5.74) is 0.168. The van der Waals surface area contributed by atoms with Gasteiger partial charge in [-0.1, -0.05) is 19.8 Å². The van der Waals surface area contributed by atoms with Crippen LogP contribution in [-0.2, 0) is 9.47 Å². The summed E-state index contributed by atoms with van der Waals surface area (Å²) in [6.07, 6.45) is 10.6. The molecule has 21 heavy (non-hydrogen) atoms. The number of rotatable bonds is 4. The molecule has 1 saturated carbocycles. The van der Waals surface area contributed by atoms with Crippen LogP contribution in [0.5, 0.6) is 0 Å². The van der Waals surface area contributed by atoms with Crippen LogP contribution in [0.15, 0.2) is 0 Å². The zero-order valence-corrected chi connectivity index (χ0v) is 13.7. The first-order valence-corrected chi connectivity index (χ1v) is 9.25. The first-order valence-electron chi connectivity index (χ1n) is 9.25. The van der Waals surface area contributed by atoms with E-state index >= 15 is 0 Å². The molecule has 1 N–H and O–H groups in total. The van der Waals surface area contributed by atoms with Gasteiger partial charge in [0.25, 0.3) is 0 Å². The standard InChI is InChI=1S/C18H33NO2/c1-2-19-14-16-5-3-4-6-17(16)15-7-10-21-18(13-15)8-11-20-12-9-18/h15-17,19H,2-14H2,1H3. The van der Waals surface area contributed by atoms with Crippen molar-refractivity contribution < 1.29 is 9.47 Å². The number of nitrogens with one attached hydrogen (secondary N) is 1. The normalized spacial score (nSPS) is 36.7. The fourth-order valence-corrected chi connectivity index (χ4v) is 4.96. The Kier molecular flexibility index (Phi) is 5.58. The second kappa shape index (κ2) is 7.43. The van der Waals surface area contributed by atoms with Gasteiger partial charge in [0.2, 0.25) is 0 Å². The highest BCUT2D eigenvalue weighted by Gasteiger charge is 2.43. The van der Waals surface area contributed by atoms with Crippen LogP contribution in [-0.4, -0.2) is 38.5 Å². The molecule has 3 nitrogen and oxygen atoms in total. The maximum absolute atomic E-state index is 6.25. The molecule has 3 atom stereocenters. The Morgan fingerprint density at radius 1 is 1.05 bits per heavy atom. The first-order chi connectivity index (χ1) is 10.3. The highest BCUT2D eigenvalue weighted by Crippen LogP contribution is 2.45. The predicted octanol–water partition coefficient (Wildman–Crippen LogP) is 3.38. The Morgan fingerprint density at radius 2 is 1.86 bits per heavy atom. The lowest BCUT2D eigenvalue weighted by atomic mass is 9.66. The number of hydrogen-bond acceptors (Lipinski definition) is 3. The van der Waals surface area contributed by atoms with E-state index < -0.39 is 0 Å². The zero-order valence-electron chi connectivity index (χ0n) is 13.7. The van der Waals surface area contributed by atoms with Gasteiger partial charge >= 0.3 is 0 Å². The van der Waals surface area contributed by atoms with Crippen molar-refractivity contribution >= 4 is 0 Å². The van der Waals surface area contributed by atoms with Crippen molar-refractivity contribution in [1.29, 1.82) is 0 Å². The third kappa shape index (κ3) is 3.80. The molecule has 0 aromatic rings. The molecule has 3 aliphatic rings. The van der Waals surface area contributed by atoms with E-state index in [-0.39, 0.29) is 5.60 Å². The summed E-state index contributed by atoms with van der Waals surface area (Å²) >= 11 is 0. The Hall–Kier alpha value is -0.120. The van der Waals surface area contributed by atoms with Crippen molar-refractivity contribution in [2.24, 2.45) is 17.8 Å². The monoisotopic (exact) mass is 295 g/mol. The van der Waals surface area contributed by atoms with Gasteiger partial charge in [0.1, 0.15) is 0 Å². The largest absolute Gasteiger partial charge is 0.381 e. The highest BCUT2D eigenvalue weighted by molar-refractivity contribution is 4.93. The maximum atomic E-state index is 6.25. The smallest absolute Gasteiger partial charge is 0.0729 e. The number of ether oxygens (including phenoxy) is 2. The second-order valence-electron chi connectivity index (χ2n) is 7.41. The van der Waals surface area contributed by atoms with E-state index in [1.807, 2.05) is 0 Å². The van der Waals surface area contributed by atoms with Crippen LogP contribution in [0.1, 0.15) is 58.3 Å². The summed E-state index contributed by atoms with van der Waals surface area (Å²) < 4.78 is 11.8. The Balaban J connectivity index is 1.63. The zero-order chi connectivity index (χ0) is 14.5. The molecule has 0 aromatic carbocycles. The van der Waals surface area contributed by atoms with E-state index in [2.05, 4.69) is 12.2 Å². The van der Waals surface area contributed by atoms with E-state index in [1.165, 1.54) is 45.1 Å². The molecular formula is C18H33NO2. The highest BCUT2D eigenvalue weighted by atomic mass is 16.5. The van der Waals surface area contributed by atoms with Gasteiger partial charge < -0.3 is 14.8 Å². The molecule has 3 fully saturated rings. The van der Waals surface area contributed by atoms with Crippen molar-refractivity contribution in [3.8, 4) is 0 Å². The van der Waals surface area contributed by atoms with Gasteiger partial charge in [-0.3, -0.25) is 0 Å². The maximum Gasteiger partial charge on any atom is 0.0729 e. The molecule has 2 aliphatic heterocycles. The molecule has 2 saturated heterocycles. The van der Waals surface area contributed by atoms with Crippen molar-refractivity contribution in [2.75, 3.05) is 32.9 Å². The molecule has 3 heteroatoms. The van der Waals surface area contributed by atoms with Gasteiger partial charge in [-0.15, -0.1) is 0 Å². The SMILES string of the molecule is CCNCC1CCCCC1C1CCOC2(CCOCC2)C1. The predicted molar refractivity (Wildman–Crippen MR) is 85.5 cm³/mol. The molecule has 122 valence electrons. The molecule has 0 amide bonds. The van der Waals surface area contributed by atoms with Gasteiger partial charge in [-0.2, -0.15) is 0 Å². The van der Waals surface area contributed by atoms with E-state index in [1.54, 1.807) is 0 Å². The van der Waals surface area contributed by atoms with Gasteiger partial charge in [0.05, 0.1) is 5.60 Å². The summed E-state index contributed by atoms with van der Waals surface area (Å²) in [7, 11) is 0. The molecule has 3 unspecified atom stereocenters. The average Bonchev–Trinajstić information content (AvgIpc) is 2.54. The molecular weight excluding hydrogens is 262 g/mol. The molecule has 2 heterocycles. The van der Waals surface area contributed by atoms with Crippen molar-refractivity contribution in [3.05, 3.63) is 0 Å². The molecule has 0 aromatic heterocycles. The van der Waals surface area contributed by atoms with Gasteiger partial charge in [0.15, 0.2) is 0 Å². The minimum absolute atomic E-state index is 0.168. The third-order valence-electron chi connectivity index (χ3n) is 6.17. The van der Waals surface area contributed by atoms with Crippen LogP contribution < -0.4 is 5.32 Å². The third-order valence-corrected chi connectivity index (χ3v) is 6.17. The number of hydrogen-bond donors (Lipinski definition) is 1. The van der Waals surface area contributed by atoms with Gasteiger partial charge in [-0.25, -0.2) is 0 Å². The molecule has 0 bridgehead atoms. The molecule has 1 aliphatic carbocycles. The van der Waals surface area contributed by atoms with Crippen molar-refractivity contribution in [2.45, 2.75) is 63.9 Å². The van der Waals surface area contributed by atoms with E-state index in [0.29, 0.717) is 0 Å². The van der Waals surface area contributed by atoms with Crippen LogP contribution in [0.25, 0.3) is 0 Å². The van der Waals surface area contributed by atoms with E-state index in [4.69, 9.17) is 9.47 Å². The fraction of sp³-hybridized carbons (Fsp3) is 1.00. The van der Waals surface area contributed by atoms with Crippen LogP contribution >= 0.6 is 0 Å². The molecule has 1 spiro atoms. The quantitative estimate of drug-likeness (QED) is 0.862. The summed E-state index contributed by atoms with van der Waals surface area (Å²) in [4.78, 5) is 0. The Morgan fingerprint density at radius 3 is 2.67 bits per heavy atom. The Bertz CT molecular complexity index is 309. The van der Waals surface area contributed by atoms with Crippen LogP contribution in [0.3, 0.4) is 0 Å². The topological polar surface area (TPSA) is 30.5 Å². The minimum Gasteiger partial charge on any atom is -0.381 e. The van der Waals surface area contributed by atoms with E-state index in [9.17, 15) is 0 Å². The van der Waals surface area contributed by atoms with Crippen molar-refractivity contribution in [3.63, 3.8) is 0 Å². The van der Waals surface area contributed by atoms with Gasteiger partial charge in [-0.05, 0) is 69.4 Å². The summed E-state index contributed by atoms with van der Waals surface area (Å²) in [5.74, 6) is 2.72. The first kappa shape index (κ1) is 15.8. The second-order valence-corrected chi connectivity index (χ2v) is 7.41. The lowest BCUT2D eigenvalue weighted by molar-refractivity contribution is -0.156. The minimum atomic E-state index is 0.168. The summed E-state index contributed by atoms with van der Waals surface area (Å²) in [6, 6.07) is 0. The summed E-state index contributed by atoms with van der Waals surface area (Å²) in [5, 5.41) is 3.61. The van der Waals surface area contributed by atoms with Crippen molar-refractivity contribution in [1.82, 2.24) is 5.32 Å². The van der Waals surface area contributed by atoms with Gasteiger partial charge in [0, 0.05) is 19.8 Å². The Labute approximate surface area is 130 Å². The summed E-state index contributed by atoms with van der Waals surface area (Å²) in [6.45, 7) is 7.35. The van der Waals surface area contributed by atoms with Crippen LogP contribution in [0.2, 0.25) is 0 Å².